The van der Waals surface area contributed by atoms with Crippen LogP contribution in [-0.4, -0.2) is 22.0 Å². The Labute approximate surface area is 108 Å². The van der Waals surface area contributed by atoms with Gasteiger partial charge in [-0.25, -0.2) is 0 Å². The highest BCUT2D eigenvalue weighted by molar-refractivity contribution is 5.81. The molecular formula is C14H12N2O3. The van der Waals surface area contributed by atoms with Gasteiger partial charge in [-0.05, 0) is 24.3 Å². The zero-order valence-electron chi connectivity index (χ0n) is 10.4. The van der Waals surface area contributed by atoms with Crippen molar-refractivity contribution in [2.45, 2.75) is 6.54 Å². The standard InChI is InChI=1S/C14H12N2O3/c1-19-13(17)9-16-11-6-3-2-5-10(11)15-8-4-7-12(15)14(16)18/h2-8H,9H2,1H3. The normalized spacial score (nSPS) is 11.0. The van der Waals surface area contributed by atoms with Crippen molar-refractivity contribution >= 4 is 22.5 Å². The zero-order valence-corrected chi connectivity index (χ0v) is 10.4. The highest BCUT2D eigenvalue weighted by atomic mass is 16.5. The van der Waals surface area contributed by atoms with Gasteiger partial charge >= 0.3 is 5.97 Å². The smallest absolute Gasteiger partial charge is 0.325 e. The van der Waals surface area contributed by atoms with Crippen LogP contribution in [0.15, 0.2) is 47.4 Å². The molecule has 2 heterocycles. The average Bonchev–Trinajstić information content (AvgIpc) is 2.93. The summed E-state index contributed by atoms with van der Waals surface area (Å²) in [7, 11) is 1.31. The summed E-state index contributed by atoms with van der Waals surface area (Å²) in [5, 5.41) is 0. The third-order valence-corrected chi connectivity index (χ3v) is 3.16. The van der Waals surface area contributed by atoms with Crippen molar-refractivity contribution in [1.29, 1.82) is 0 Å². The molecule has 0 bridgehead atoms. The second kappa shape index (κ2) is 4.28. The molecule has 5 heteroatoms. The molecule has 0 unspecified atom stereocenters. The number of fused-ring (bicyclic) bond motifs is 3. The first-order valence-corrected chi connectivity index (χ1v) is 5.88. The van der Waals surface area contributed by atoms with Gasteiger partial charge in [-0.1, -0.05) is 12.1 Å². The Morgan fingerprint density at radius 3 is 2.53 bits per heavy atom. The molecule has 0 saturated heterocycles. The van der Waals surface area contributed by atoms with Gasteiger partial charge in [-0.15, -0.1) is 0 Å². The van der Waals surface area contributed by atoms with Crippen LogP contribution in [0.4, 0.5) is 0 Å². The number of benzene rings is 1. The second-order valence-electron chi connectivity index (χ2n) is 4.22. The minimum atomic E-state index is -0.442. The summed E-state index contributed by atoms with van der Waals surface area (Å²) >= 11 is 0. The van der Waals surface area contributed by atoms with Crippen LogP contribution in [0, 0.1) is 0 Å². The van der Waals surface area contributed by atoms with E-state index < -0.39 is 5.97 Å². The summed E-state index contributed by atoms with van der Waals surface area (Å²) in [6, 6.07) is 11.0. The number of rotatable bonds is 2. The number of hydrogen-bond acceptors (Lipinski definition) is 3. The van der Waals surface area contributed by atoms with Gasteiger partial charge in [0.2, 0.25) is 0 Å². The molecule has 96 valence electrons. The number of ether oxygens (including phenoxy) is 1. The number of aromatic nitrogens is 2. The van der Waals surface area contributed by atoms with Crippen LogP contribution in [0.3, 0.4) is 0 Å². The average molecular weight is 256 g/mol. The third-order valence-electron chi connectivity index (χ3n) is 3.16. The molecule has 3 rings (SSSR count). The number of para-hydroxylation sites is 2. The van der Waals surface area contributed by atoms with E-state index in [-0.39, 0.29) is 12.1 Å². The van der Waals surface area contributed by atoms with Gasteiger partial charge in [0, 0.05) is 6.20 Å². The minimum absolute atomic E-state index is 0.0858. The molecule has 0 radical (unpaired) electrons. The zero-order chi connectivity index (χ0) is 13.4. The van der Waals surface area contributed by atoms with E-state index in [0.717, 1.165) is 5.52 Å². The molecule has 0 amide bonds. The minimum Gasteiger partial charge on any atom is -0.468 e. The SMILES string of the molecule is COC(=O)Cn1c(=O)c2cccn2c2ccccc21. The predicted octanol–water partition coefficient (Wildman–Crippen LogP) is 1.43. The molecule has 3 aromatic rings. The van der Waals surface area contributed by atoms with Crippen molar-refractivity contribution in [1.82, 2.24) is 8.97 Å². The molecule has 0 atom stereocenters. The lowest BCUT2D eigenvalue weighted by molar-refractivity contribution is -0.141. The molecule has 0 fully saturated rings. The van der Waals surface area contributed by atoms with Gasteiger partial charge in [0.15, 0.2) is 0 Å². The van der Waals surface area contributed by atoms with E-state index in [4.69, 9.17) is 0 Å². The molecule has 2 aromatic heterocycles. The lowest BCUT2D eigenvalue weighted by Crippen LogP contribution is -2.26. The highest BCUT2D eigenvalue weighted by Crippen LogP contribution is 2.14. The lowest BCUT2D eigenvalue weighted by atomic mass is 10.3. The number of methoxy groups -OCH3 is 1. The lowest BCUT2D eigenvalue weighted by Gasteiger charge is -2.11. The molecular weight excluding hydrogens is 244 g/mol. The number of carbonyl (C=O) groups is 1. The van der Waals surface area contributed by atoms with E-state index in [1.807, 2.05) is 40.9 Å². The predicted molar refractivity (Wildman–Crippen MR) is 71.2 cm³/mol. The number of hydrogen-bond donors (Lipinski definition) is 0. The van der Waals surface area contributed by atoms with Crippen LogP contribution in [0.5, 0.6) is 0 Å². The topological polar surface area (TPSA) is 52.7 Å². The molecule has 5 nitrogen and oxygen atoms in total. The van der Waals surface area contributed by atoms with Crippen molar-refractivity contribution in [3.63, 3.8) is 0 Å². The maximum atomic E-state index is 12.4. The van der Waals surface area contributed by atoms with Gasteiger partial charge in [0.25, 0.3) is 5.56 Å². The fourth-order valence-electron chi connectivity index (χ4n) is 2.26. The summed E-state index contributed by atoms with van der Waals surface area (Å²) in [5.74, 6) is -0.442. The van der Waals surface area contributed by atoms with Crippen LogP contribution in [0.2, 0.25) is 0 Å². The molecule has 0 spiro atoms. The van der Waals surface area contributed by atoms with E-state index in [2.05, 4.69) is 4.74 Å². The Kier molecular flexibility index (Phi) is 2.59. The monoisotopic (exact) mass is 256 g/mol. The van der Waals surface area contributed by atoms with Crippen LogP contribution >= 0.6 is 0 Å². The molecule has 19 heavy (non-hydrogen) atoms. The Morgan fingerprint density at radius 1 is 1.11 bits per heavy atom. The van der Waals surface area contributed by atoms with E-state index in [9.17, 15) is 9.59 Å². The van der Waals surface area contributed by atoms with E-state index >= 15 is 0 Å². The van der Waals surface area contributed by atoms with Crippen LogP contribution < -0.4 is 5.56 Å². The van der Waals surface area contributed by atoms with Crippen molar-refractivity contribution in [3.05, 3.63) is 52.9 Å². The Hall–Kier alpha value is -2.56. The van der Waals surface area contributed by atoms with Crippen molar-refractivity contribution in [3.8, 4) is 0 Å². The number of esters is 1. The Balaban J connectivity index is 2.42. The number of carbonyl (C=O) groups excluding carboxylic acids is 1. The van der Waals surface area contributed by atoms with E-state index in [1.165, 1.54) is 11.7 Å². The summed E-state index contributed by atoms with van der Waals surface area (Å²) in [6.07, 6.45) is 1.83. The molecule has 0 aliphatic carbocycles. The summed E-state index contributed by atoms with van der Waals surface area (Å²) < 4.78 is 7.91. The maximum absolute atomic E-state index is 12.4. The first kappa shape index (κ1) is 11.5. The highest BCUT2D eigenvalue weighted by Gasteiger charge is 2.12. The summed E-state index contributed by atoms with van der Waals surface area (Å²) in [4.78, 5) is 23.9. The van der Waals surface area contributed by atoms with Gasteiger partial charge in [0.05, 0.1) is 18.1 Å². The summed E-state index contributed by atoms with van der Waals surface area (Å²) in [5.41, 5.74) is 1.93. The van der Waals surface area contributed by atoms with Gasteiger partial charge in [-0.3, -0.25) is 14.2 Å². The van der Waals surface area contributed by atoms with Gasteiger partial charge < -0.3 is 9.14 Å². The van der Waals surface area contributed by atoms with Gasteiger partial charge in [0.1, 0.15) is 12.1 Å². The molecule has 0 N–H and O–H groups in total. The number of nitrogens with zero attached hydrogens (tertiary/aromatic N) is 2. The van der Waals surface area contributed by atoms with Gasteiger partial charge in [-0.2, -0.15) is 0 Å². The van der Waals surface area contributed by atoms with Crippen LogP contribution in [0.25, 0.3) is 16.6 Å². The van der Waals surface area contributed by atoms with E-state index in [0.29, 0.717) is 11.0 Å². The fraction of sp³-hybridized carbons (Fsp3) is 0.143. The quantitative estimate of drug-likeness (QED) is 0.652. The largest absolute Gasteiger partial charge is 0.468 e. The van der Waals surface area contributed by atoms with Crippen LogP contribution in [0.1, 0.15) is 0 Å². The third kappa shape index (κ3) is 1.71. The van der Waals surface area contributed by atoms with Crippen molar-refractivity contribution < 1.29 is 9.53 Å². The summed E-state index contributed by atoms with van der Waals surface area (Å²) in [6.45, 7) is -0.0858. The molecule has 0 aliphatic rings. The molecule has 1 aromatic carbocycles. The Bertz CT molecular complexity index is 829. The molecule has 0 saturated carbocycles. The van der Waals surface area contributed by atoms with Crippen LogP contribution in [-0.2, 0) is 16.1 Å². The Morgan fingerprint density at radius 2 is 1.79 bits per heavy atom. The van der Waals surface area contributed by atoms with Crippen molar-refractivity contribution in [2.75, 3.05) is 7.11 Å². The molecule has 0 aliphatic heterocycles. The fourth-order valence-corrected chi connectivity index (χ4v) is 2.26. The first-order chi connectivity index (χ1) is 9.22. The van der Waals surface area contributed by atoms with Crippen molar-refractivity contribution in [2.24, 2.45) is 0 Å². The second-order valence-corrected chi connectivity index (χ2v) is 4.22. The maximum Gasteiger partial charge on any atom is 0.325 e. The van der Waals surface area contributed by atoms with E-state index in [1.54, 1.807) is 6.07 Å². The first-order valence-electron chi connectivity index (χ1n) is 5.88.